The Morgan fingerprint density at radius 1 is 1.57 bits per heavy atom. The van der Waals surface area contributed by atoms with Crippen molar-refractivity contribution in [3.63, 3.8) is 0 Å². The van der Waals surface area contributed by atoms with E-state index in [-0.39, 0.29) is 5.97 Å². The summed E-state index contributed by atoms with van der Waals surface area (Å²) in [5.74, 6) is -0.276. The maximum atomic E-state index is 11.4. The zero-order valence-electron chi connectivity index (χ0n) is 7.87. The van der Waals surface area contributed by atoms with Gasteiger partial charge in [-0.2, -0.15) is 0 Å². The van der Waals surface area contributed by atoms with Gasteiger partial charge in [0.05, 0.1) is 5.56 Å². The molecule has 2 nitrogen and oxygen atoms in total. The van der Waals surface area contributed by atoms with Crippen LogP contribution in [0.1, 0.15) is 17.3 Å². The van der Waals surface area contributed by atoms with Crippen molar-refractivity contribution in [3.05, 3.63) is 45.6 Å². The third kappa shape index (κ3) is 3.49. The Bertz CT molecular complexity index is 345. The van der Waals surface area contributed by atoms with Crippen LogP contribution in [-0.2, 0) is 4.74 Å². The molecule has 0 bridgehead atoms. The van der Waals surface area contributed by atoms with Crippen LogP contribution >= 0.6 is 22.6 Å². The molecule has 1 rings (SSSR count). The van der Waals surface area contributed by atoms with Crippen molar-refractivity contribution in [2.45, 2.75) is 6.92 Å². The molecule has 0 aliphatic carbocycles. The molecule has 0 heterocycles. The molecule has 0 aliphatic rings. The lowest BCUT2D eigenvalue weighted by Gasteiger charge is -2.01. The van der Waals surface area contributed by atoms with Crippen molar-refractivity contribution in [2.24, 2.45) is 0 Å². The van der Waals surface area contributed by atoms with Crippen LogP contribution in [-0.4, -0.2) is 12.6 Å². The Morgan fingerprint density at radius 3 is 3.00 bits per heavy atom. The van der Waals surface area contributed by atoms with Gasteiger partial charge in [-0.1, -0.05) is 18.2 Å². The summed E-state index contributed by atoms with van der Waals surface area (Å²) in [6.07, 6.45) is 3.65. The average Bonchev–Trinajstić information content (AvgIpc) is 2.18. The van der Waals surface area contributed by atoms with Gasteiger partial charge in [0.2, 0.25) is 0 Å². The summed E-state index contributed by atoms with van der Waals surface area (Å²) in [5, 5.41) is 0. The molecule has 0 aromatic heterocycles. The molecule has 14 heavy (non-hydrogen) atoms. The molecule has 0 N–H and O–H groups in total. The minimum Gasteiger partial charge on any atom is -0.458 e. The minimum absolute atomic E-state index is 0.276. The fraction of sp³-hybridized carbons (Fsp3) is 0.182. The number of esters is 1. The lowest BCUT2D eigenvalue weighted by Crippen LogP contribution is -2.04. The van der Waals surface area contributed by atoms with E-state index >= 15 is 0 Å². The molecule has 1 aromatic carbocycles. The van der Waals surface area contributed by atoms with Gasteiger partial charge in [0, 0.05) is 3.57 Å². The van der Waals surface area contributed by atoms with Crippen LogP contribution in [0, 0.1) is 3.57 Å². The standard InChI is InChI=1S/C11H11IO2/c1-2-3-7-14-11(13)9-5-4-6-10(12)8-9/h2-6,8H,7H2,1H3/b3-2+. The van der Waals surface area contributed by atoms with Crippen LogP contribution in [0.2, 0.25) is 0 Å². The van der Waals surface area contributed by atoms with E-state index in [0.717, 1.165) is 3.57 Å². The topological polar surface area (TPSA) is 26.3 Å². The molecule has 74 valence electrons. The van der Waals surface area contributed by atoms with Crippen LogP contribution in [0.4, 0.5) is 0 Å². The van der Waals surface area contributed by atoms with Gasteiger partial charge in [-0.15, -0.1) is 0 Å². The Kier molecular flexibility index (Phi) is 4.65. The molecule has 0 saturated heterocycles. The monoisotopic (exact) mass is 302 g/mol. The summed E-state index contributed by atoms with van der Waals surface area (Å²) in [5.41, 5.74) is 0.599. The zero-order chi connectivity index (χ0) is 10.4. The minimum atomic E-state index is -0.276. The van der Waals surface area contributed by atoms with E-state index in [9.17, 15) is 4.79 Å². The van der Waals surface area contributed by atoms with Crippen molar-refractivity contribution >= 4 is 28.6 Å². The second-order valence-corrected chi connectivity index (χ2v) is 3.92. The van der Waals surface area contributed by atoms with E-state index in [1.54, 1.807) is 18.2 Å². The van der Waals surface area contributed by atoms with E-state index in [2.05, 4.69) is 22.6 Å². The van der Waals surface area contributed by atoms with Crippen LogP contribution < -0.4 is 0 Å². The quantitative estimate of drug-likeness (QED) is 0.487. The zero-order valence-corrected chi connectivity index (χ0v) is 10.0. The Morgan fingerprint density at radius 2 is 2.36 bits per heavy atom. The average molecular weight is 302 g/mol. The van der Waals surface area contributed by atoms with Gasteiger partial charge in [-0.05, 0) is 47.7 Å². The van der Waals surface area contributed by atoms with Gasteiger partial charge in [-0.3, -0.25) is 0 Å². The molecule has 0 atom stereocenters. The molecular formula is C11H11IO2. The van der Waals surface area contributed by atoms with E-state index in [0.29, 0.717) is 12.2 Å². The van der Waals surface area contributed by atoms with E-state index in [1.807, 2.05) is 25.1 Å². The molecular weight excluding hydrogens is 291 g/mol. The largest absolute Gasteiger partial charge is 0.458 e. The molecule has 0 radical (unpaired) electrons. The molecule has 0 amide bonds. The Labute approximate surface area is 97.1 Å². The van der Waals surface area contributed by atoms with E-state index in [1.165, 1.54) is 0 Å². The second-order valence-electron chi connectivity index (χ2n) is 2.68. The third-order valence-corrected chi connectivity index (χ3v) is 2.28. The highest BCUT2D eigenvalue weighted by atomic mass is 127. The van der Waals surface area contributed by atoms with Crippen molar-refractivity contribution < 1.29 is 9.53 Å². The number of hydrogen-bond acceptors (Lipinski definition) is 2. The highest BCUT2D eigenvalue weighted by molar-refractivity contribution is 14.1. The van der Waals surface area contributed by atoms with E-state index in [4.69, 9.17) is 4.74 Å². The maximum Gasteiger partial charge on any atom is 0.338 e. The summed E-state index contributed by atoms with van der Waals surface area (Å²) >= 11 is 2.16. The number of ether oxygens (including phenoxy) is 1. The SMILES string of the molecule is C/C=C/COC(=O)c1cccc(I)c1. The third-order valence-electron chi connectivity index (χ3n) is 1.61. The maximum absolute atomic E-state index is 11.4. The number of carbonyl (C=O) groups excluding carboxylic acids is 1. The molecule has 0 aliphatic heterocycles. The van der Waals surface area contributed by atoms with Gasteiger partial charge in [0.1, 0.15) is 6.61 Å². The number of halogens is 1. The normalized spacial score (nSPS) is 10.4. The van der Waals surface area contributed by atoms with Crippen LogP contribution in [0.25, 0.3) is 0 Å². The van der Waals surface area contributed by atoms with Crippen LogP contribution in [0.5, 0.6) is 0 Å². The van der Waals surface area contributed by atoms with Crippen LogP contribution in [0.3, 0.4) is 0 Å². The summed E-state index contributed by atoms with van der Waals surface area (Å²) in [4.78, 5) is 11.4. The van der Waals surface area contributed by atoms with Crippen LogP contribution in [0.15, 0.2) is 36.4 Å². The molecule has 0 unspecified atom stereocenters. The highest BCUT2D eigenvalue weighted by Crippen LogP contribution is 2.08. The Hall–Kier alpha value is -0.840. The summed E-state index contributed by atoms with van der Waals surface area (Å²) in [7, 11) is 0. The van der Waals surface area contributed by atoms with Gasteiger partial charge >= 0.3 is 5.97 Å². The summed E-state index contributed by atoms with van der Waals surface area (Å²) in [6, 6.07) is 7.33. The smallest absolute Gasteiger partial charge is 0.338 e. The lowest BCUT2D eigenvalue weighted by atomic mass is 10.2. The fourth-order valence-electron chi connectivity index (χ4n) is 0.919. The molecule has 3 heteroatoms. The molecule has 0 spiro atoms. The van der Waals surface area contributed by atoms with Crippen molar-refractivity contribution in [1.29, 1.82) is 0 Å². The molecule has 1 aromatic rings. The highest BCUT2D eigenvalue weighted by Gasteiger charge is 2.05. The first-order valence-corrected chi connectivity index (χ1v) is 5.35. The first-order chi connectivity index (χ1) is 6.74. The molecule has 0 fully saturated rings. The predicted molar refractivity (Wildman–Crippen MR) is 64.3 cm³/mol. The van der Waals surface area contributed by atoms with Crippen molar-refractivity contribution in [2.75, 3.05) is 6.61 Å². The first kappa shape index (κ1) is 11.2. The fourth-order valence-corrected chi connectivity index (χ4v) is 1.46. The van der Waals surface area contributed by atoms with Gasteiger partial charge < -0.3 is 4.74 Å². The number of benzene rings is 1. The lowest BCUT2D eigenvalue weighted by molar-refractivity contribution is 0.0549. The number of hydrogen-bond donors (Lipinski definition) is 0. The predicted octanol–water partition coefficient (Wildman–Crippen LogP) is 3.02. The summed E-state index contributed by atoms with van der Waals surface area (Å²) < 4.78 is 6.03. The number of carbonyl (C=O) groups is 1. The van der Waals surface area contributed by atoms with Gasteiger partial charge in [-0.25, -0.2) is 4.79 Å². The molecule has 0 saturated carbocycles. The Balaban J connectivity index is 2.60. The van der Waals surface area contributed by atoms with Crippen molar-refractivity contribution in [3.8, 4) is 0 Å². The van der Waals surface area contributed by atoms with Gasteiger partial charge in [0.25, 0.3) is 0 Å². The summed E-state index contributed by atoms with van der Waals surface area (Å²) in [6.45, 7) is 2.22. The van der Waals surface area contributed by atoms with Crippen molar-refractivity contribution in [1.82, 2.24) is 0 Å². The van der Waals surface area contributed by atoms with Gasteiger partial charge in [0.15, 0.2) is 0 Å². The number of allylic oxidation sites excluding steroid dienone is 1. The number of rotatable bonds is 3. The second kappa shape index (κ2) is 5.80. The first-order valence-electron chi connectivity index (χ1n) is 4.28. The van der Waals surface area contributed by atoms with E-state index < -0.39 is 0 Å².